The molecule has 5 amide bonds. The Morgan fingerprint density at radius 1 is 1.08 bits per heavy atom. The number of rotatable bonds is 3. The van der Waals surface area contributed by atoms with Crippen LogP contribution in [-0.4, -0.2) is 52.2 Å². The Balaban J connectivity index is 1.53. The summed E-state index contributed by atoms with van der Waals surface area (Å²) >= 11 is 0. The zero-order valence-electron chi connectivity index (χ0n) is 14.7. The van der Waals surface area contributed by atoms with Crippen molar-refractivity contribution >= 4 is 29.4 Å². The van der Waals surface area contributed by atoms with Crippen molar-refractivity contribution in [1.29, 1.82) is 0 Å². The molecule has 1 aromatic rings. The zero-order chi connectivity index (χ0) is 18.4. The molecule has 1 atom stereocenters. The molecule has 1 aromatic carbocycles. The number of benzene rings is 1. The lowest BCUT2D eigenvalue weighted by Gasteiger charge is -2.25. The van der Waals surface area contributed by atoms with Crippen LogP contribution in [0.15, 0.2) is 24.3 Å². The van der Waals surface area contributed by atoms with Crippen LogP contribution >= 0.6 is 0 Å². The molecule has 136 valence electrons. The van der Waals surface area contributed by atoms with Gasteiger partial charge in [-0.25, -0.2) is 9.69 Å². The maximum Gasteiger partial charge on any atom is 0.334 e. The van der Waals surface area contributed by atoms with E-state index in [4.69, 9.17) is 0 Å². The zero-order valence-corrected chi connectivity index (χ0v) is 14.7. The summed E-state index contributed by atoms with van der Waals surface area (Å²) in [6, 6.07) is 6.69. The molecule has 26 heavy (non-hydrogen) atoms. The van der Waals surface area contributed by atoms with Gasteiger partial charge in [0, 0.05) is 17.8 Å². The van der Waals surface area contributed by atoms with Crippen molar-refractivity contribution < 1.29 is 19.2 Å². The second-order valence-electron chi connectivity index (χ2n) is 7.23. The standard InChI is InChI=1S/C19H21N3O4/c1-12-10-13-6-2-5-9-15(13)21(12)16(23)11-20-17(24)18(25)22(19(20)26)14-7-3-4-8-14/h2,5-6,9,12,14H,3-4,7-8,10-11H2,1H3/t12-/m1/s1. The fourth-order valence-electron chi connectivity index (χ4n) is 4.30. The van der Waals surface area contributed by atoms with Crippen LogP contribution in [0.1, 0.15) is 38.2 Å². The van der Waals surface area contributed by atoms with E-state index >= 15 is 0 Å². The second kappa shape index (κ2) is 6.23. The Morgan fingerprint density at radius 3 is 2.50 bits per heavy atom. The van der Waals surface area contributed by atoms with E-state index in [-0.39, 0.29) is 18.0 Å². The van der Waals surface area contributed by atoms with E-state index in [0.29, 0.717) is 0 Å². The van der Waals surface area contributed by atoms with Crippen LogP contribution in [-0.2, 0) is 20.8 Å². The molecule has 0 N–H and O–H groups in total. The molecule has 2 aliphatic heterocycles. The molecule has 7 heteroatoms. The highest BCUT2D eigenvalue weighted by atomic mass is 16.2. The van der Waals surface area contributed by atoms with Crippen LogP contribution in [0.2, 0.25) is 0 Å². The van der Waals surface area contributed by atoms with E-state index in [1.807, 2.05) is 31.2 Å². The molecular weight excluding hydrogens is 334 g/mol. The topological polar surface area (TPSA) is 78.0 Å². The van der Waals surface area contributed by atoms with Gasteiger partial charge in [0.15, 0.2) is 0 Å². The van der Waals surface area contributed by atoms with Gasteiger partial charge in [-0.3, -0.25) is 19.3 Å². The van der Waals surface area contributed by atoms with E-state index in [1.54, 1.807) is 4.90 Å². The Hall–Kier alpha value is -2.70. The summed E-state index contributed by atoms with van der Waals surface area (Å²) < 4.78 is 0. The van der Waals surface area contributed by atoms with E-state index in [0.717, 1.165) is 53.2 Å². The first kappa shape index (κ1) is 16.8. The van der Waals surface area contributed by atoms with E-state index < -0.39 is 24.4 Å². The lowest BCUT2D eigenvalue weighted by molar-refractivity contribution is -0.144. The van der Waals surface area contributed by atoms with Crippen LogP contribution in [0.3, 0.4) is 0 Å². The summed E-state index contributed by atoms with van der Waals surface area (Å²) in [6.45, 7) is 1.53. The van der Waals surface area contributed by atoms with E-state index in [2.05, 4.69) is 0 Å². The molecule has 1 saturated heterocycles. The number of carbonyl (C=O) groups excluding carboxylic acids is 4. The smallest absolute Gasteiger partial charge is 0.307 e. The van der Waals surface area contributed by atoms with Gasteiger partial charge in [0.05, 0.1) is 0 Å². The number of fused-ring (bicyclic) bond motifs is 1. The lowest BCUT2D eigenvalue weighted by Crippen LogP contribution is -2.46. The predicted octanol–water partition coefficient (Wildman–Crippen LogP) is 1.70. The van der Waals surface area contributed by atoms with E-state index in [9.17, 15) is 19.2 Å². The molecule has 2 heterocycles. The van der Waals surface area contributed by atoms with Gasteiger partial charge in [-0.15, -0.1) is 0 Å². The predicted molar refractivity (Wildman–Crippen MR) is 93.3 cm³/mol. The minimum absolute atomic E-state index is 0.0469. The van der Waals surface area contributed by atoms with Gasteiger partial charge in [-0.05, 0) is 37.8 Å². The second-order valence-corrected chi connectivity index (χ2v) is 7.23. The quantitative estimate of drug-likeness (QED) is 0.611. The van der Waals surface area contributed by atoms with Crippen LogP contribution < -0.4 is 4.90 Å². The van der Waals surface area contributed by atoms with Gasteiger partial charge < -0.3 is 4.90 Å². The molecule has 4 rings (SSSR count). The molecule has 3 aliphatic rings. The molecular formula is C19H21N3O4. The molecule has 1 aliphatic carbocycles. The Morgan fingerprint density at radius 2 is 1.77 bits per heavy atom. The Bertz CT molecular complexity index is 800. The number of para-hydroxylation sites is 1. The number of carbonyl (C=O) groups is 4. The molecule has 2 fully saturated rings. The highest BCUT2D eigenvalue weighted by Gasteiger charge is 2.49. The largest absolute Gasteiger partial charge is 0.334 e. The van der Waals surface area contributed by atoms with Crippen molar-refractivity contribution in [3.63, 3.8) is 0 Å². The summed E-state index contributed by atoms with van der Waals surface area (Å²) in [6.07, 6.45) is 4.07. The van der Waals surface area contributed by atoms with Crippen LogP contribution in [0.25, 0.3) is 0 Å². The summed E-state index contributed by atoms with van der Waals surface area (Å²) in [5, 5.41) is 0. The SMILES string of the molecule is C[C@@H]1Cc2ccccc2N1C(=O)CN1C(=O)C(=O)N(C2CCCC2)C1=O. The summed E-state index contributed by atoms with van der Waals surface area (Å²) in [5.74, 6) is -2.04. The molecule has 0 radical (unpaired) electrons. The number of hydrogen-bond donors (Lipinski definition) is 0. The molecule has 0 aromatic heterocycles. The molecule has 7 nitrogen and oxygen atoms in total. The molecule has 0 unspecified atom stereocenters. The molecule has 1 saturated carbocycles. The van der Waals surface area contributed by atoms with Crippen LogP contribution in [0, 0.1) is 0 Å². The minimum Gasteiger partial charge on any atom is -0.307 e. The summed E-state index contributed by atoms with van der Waals surface area (Å²) in [7, 11) is 0. The van der Waals surface area contributed by atoms with Gasteiger partial charge in [-0.2, -0.15) is 0 Å². The Kier molecular flexibility index (Phi) is 4.01. The summed E-state index contributed by atoms with van der Waals surface area (Å²) in [5.41, 5.74) is 1.87. The third-order valence-electron chi connectivity index (χ3n) is 5.54. The fraction of sp³-hybridized carbons (Fsp3) is 0.474. The first-order chi connectivity index (χ1) is 12.5. The van der Waals surface area contributed by atoms with Crippen molar-refractivity contribution in [2.75, 3.05) is 11.4 Å². The van der Waals surface area contributed by atoms with Gasteiger partial charge in [0.25, 0.3) is 0 Å². The normalized spacial score (nSPS) is 23.3. The minimum atomic E-state index is -0.893. The van der Waals surface area contributed by atoms with Crippen molar-refractivity contribution in [3.05, 3.63) is 29.8 Å². The van der Waals surface area contributed by atoms with Crippen molar-refractivity contribution in [3.8, 4) is 0 Å². The van der Waals surface area contributed by atoms with Gasteiger partial charge in [-0.1, -0.05) is 31.0 Å². The first-order valence-corrected chi connectivity index (χ1v) is 9.08. The number of amides is 5. The third kappa shape index (κ3) is 2.50. The van der Waals surface area contributed by atoms with Crippen molar-refractivity contribution in [1.82, 2.24) is 9.80 Å². The number of nitrogens with zero attached hydrogens (tertiary/aromatic N) is 3. The van der Waals surface area contributed by atoms with Crippen molar-refractivity contribution in [2.24, 2.45) is 0 Å². The number of anilines is 1. The van der Waals surface area contributed by atoms with Crippen LogP contribution in [0.5, 0.6) is 0 Å². The molecule has 0 spiro atoms. The average Bonchev–Trinajstić information content (AvgIpc) is 3.29. The van der Waals surface area contributed by atoms with Gasteiger partial charge in [0.1, 0.15) is 6.54 Å². The first-order valence-electron chi connectivity index (χ1n) is 9.08. The van der Waals surface area contributed by atoms with Gasteiger partial charge in [0.2, 0.25) is 5.91 Å². The average molecular weight is 355 g/mol. The Labute approximate surface area is 151 Å². The van der Waals surface area contributed by atoms with Crippen molar-refractivity contribution in [2.45, 2.75) is 51.1 Å². The summed E-state index contributed by atoms with van der Waals surface area (Å²) in [4.78, 5) is 53.5. The highest BCUT2D eigenvalue weighted by Crippen LogP contribution is 2.32. The van der Waals surface area contributed by atoms with E-state index in [1.165, 1.54) is 0 Å². The lowest BCUT2D eigenvalue weighted by atomic mass is 10.1. The molecule has 0 bridgehead atoms. The monoisotopic (exact) mass is 355 g/mol. The fourth-order valence-corrected chi connectivity index (χ4v) is 4.30. The number of urea groups is 1. The highest BCUT2D eigenvalue weighted by molar-refractivity contribution is 6.45. The number of imide groups is 2. The van der Waals surface area contributed by atoms with Crippen LogP contribution in [0.4, 0.5) is 10.5 Å². The maximum absolute atomic E-state index is 12.9. The maximum atomic E-state index is 12.9. The third-order valence-corrected chi connectivity index (χ3v) is 5.54. The number of hydrogen-bond acceptors (Lipinski definition) is 4. The van der Waals surface area contributed by atoms with Gasteiger partial charge >= 0.3 is 17.8 Å².